The molecule has 0 aliphatic rings. The normalized spacial score (nSPS) is 11.2. The smallest absolute Gasteiger partial charge is 0.311 e. The van der Waals surface area contributed by atoms with Crippen LogP contribution in [-0.2, 0) is 6.61 Å². The Labute approximate surface area is 232 Å². The molecule has 4 aromatic carbocycles. The molecule has 10 heteroatoms. The number of nitriles is 1. The Morgan fingerprint density at radius 2 is 1.80 bits per heavy atom. The van der Waals surface area contributed by atoms with Crippen LogP contribution in [-0.4, -0.2) is 20.8 Å². The van der Waals surface area contributed by atoms with Crippen LogP contribution >= 0.6 is 0 Å². The van der Waals surface area contributed by atoms with Crippen LogP contribution in [0.4, 0.5) is 5.69 Å². The number of hydrogen-bond acceptors (Lipinski definition) is 8. The van der Waals surface area contributed by atoms with E-state index in [1.807, 2.05) is 24.3 Å². The second-order valence-corrected chi connectivity index (χ2v) is 8.97. The van der Waals surface area contributed by atoms with Gasteiger partial charge in [0.15, 0.2) is 5.76 Å². The van der Waals surface area contributed by atoms with Crippen molar-refractivity contribution >= 4 is 33.8 Å². The van der Waals surface area contributed by atoms with Crippen molar-refractivity contribution in [2.75, 3.05) is 0 Å². The first-order valence-corrected chi connectivity index (χ1v) is 12.5. The first-order chi connectivity index (χ1) is 20.0. The van der Waals surface area contributed by atoms with Crippen LogP contribution in [0.25, 0.3) is 33.5 Å². The summed E-state index contributed by atoms with van der Waals surface area (Å²) in [5.41, 5.74) is 1.57. The molecule has 0 saturated heterocycles. The van der Waals surface area contributed by atoms with Crippen molar-refractivity contribution in [3.05, 3.63) is 134 Å². The number of nitro groups is 1. The Morgan fingerprint density at radius 3 is 2.63 bits per heavy atom. The maximum Gasteiger partial charge on any atom is 0.311 e. The lowest BCUT2D eigenvalue weighted by Gasteiger charge is -2.11. The highest BCUT2D eigenvalue weighted by Gasteiger charge is 2.20. The molecule has 0 radical (unpaired) electrons. The summed E-state index contributed by atoms with van der Waals surface area (Å²) in [6.07, 6.45) is 1.31. The van der Waals surface area contributed by atoms with E-state index in [2.05, 4.69) is 16.2 Å². The molecular formula is C31H19N5O5. The Kier molecular flexibility index (Phi) is 6.51. The van der Waals surface area contributed by atoms with Gasteiger partial charge in [-0.05, 0) is 36.4 Å². The predicted molar refractivity (Wildman–Crippen MR) is 153 cm³/mol. The molecule has 2 aromatic heterocycles. The zero-order valence-electron chi connectivity index (χ0n) is 21.3. The third-order valence-electron chi connectivity index (χ3n) is 6.44. The number of fused-ring (bicyclic) bond motifs is 2. The van der Waals surface area contributed by atoms with Gasteiger partial charge in [-0.15, -0.1) is 0 Å². The highest BCUT2D eigenvalue weighted by Crippen LogP contribution is 2.32. The second kappa shape index (κ2) is 10.6. The van der Waals surface area contributed by atoms with Crippen molar-refractivity contribution in [2.24, 2.45) is 5.10 Å². The number of ether oxygens (including phenoxy) is 1. The molecule has 41 heavy (non-hydrogen) atoms. The van der Waals surface area contributed by atoms with Gasteiger partial charge in [0.2, 0.25) is 11.6 Å². The zero-order chi connectivity index (χ0) is 28.3. The Bertz CT molecular complexity index is 2050. The van der Waals surface area contributed by atoms with Gasteiger partial charge in [0.1, 0.15) is 12.2 Å². The van der Waals surface area contributed by atoms with Gasteiger partial charge in [0, 0.05) is 22.6 Å². The van der Waals surface area contributed by atoms with Crippen LogP contribution in [0.5, 0.6) is 5.75 Å². The van der Waals surface area contributed by atoms with E-state index in [0.29, 0.717) is 33.4 Å². The van der Waals surface area contributed by atoms with Crippen LogP contribution in [0.15, 0.2) is 111 Å². The highest BCUT2D eigenvalue weighted by molar-refractivity contribution is 5.87. The van der Waals surface area contributed by atoms with Crippen LogP contribution < -0.4 is 10.3 Å². The van der Waals surface area contributed by atoms with E-state index in [1.165, 1.54) is 18.3 Å². The summed E-state index contributed by atoms with van der Waals surface area (Å²) in [5.74, 6) is 0.438. The maximum absolute atomic E-state index is 13.6. The number of rotatable bonds is 7. The van der Waals surface area contributed by atoms with E-state index in [4.69, 9.17) is 9.15 Å². The van der Waals surface area contributed by atoms with Crippen molar-refractivity contribution < 1.29 is 14.1 Å². The fourth-order valence-electron chi connectivity index (χ4n) is 4.45. The number of aromatic nitrogens is 2. The molecule has 0 N–H and O–H groups in total. The molecule has 10 nitrogen and oxygen atoms in total. The minimum absolute atomic E-state index is 0.0546. The molecule has 198 valence electrons. The lowest BCUT2D eigenvalue weighted by atomic mass is 10.1. The summed E-state index contributed by atoms with van der Waals surface area (Å²) >= 11 is 0. The van der Waals surface area contributed by atoms with Crippen molar-refractivity contribution in [2.45, 2.75) is 6.61 Å². The standard InChI is InChI=1S/C31H19N5O5/c32-17-21-9-1-2-10-23(21)19-40-29-22(11-7-14-26(29)36(38)39)18-33-35-30(28-16-20-8-3-6-15-27(20)41-28)34-25-13-5-4-12-24(25)31(35)37/h1-16,18H,19H2. The summed E-state index contributed by atoms with van der Waals surface area (Å²) in [7, 11) is 0. The fraction of sp³-hybridized carbons (Fsp3) is 0.0323. The molecule has 2 heterocycles. The van der Waals surface area contributed by atoms with Crippen LogP contribution in [0.3, 0.4) is 0 Å². The van der Waals surface area contributed by atoms with Gasteiger partial charge in [-0.3, -0.25) is 14.9 Å². The number of para-hydroxylation sites is 3. The molecule has 0 aliphatic carbocycles. The van der Waals surface area contributed by atoms with E-state index in [0.717, 1.165) is 10.1 Å². The minimum Gasteiger partial charge on any atom is -0.481 e. The molecule has 6 aromatic rings. The number of nitro benzene ring substituents is 1. The summed E-state index contributed by atoms with van der Waals surface area (Å²) in [6.45, 7) is -0.0862. The summed E-state index contributed by atoms with van der Waals surface area (Å²) < 4.78 is 13.0. The molecule has 0 bridgehead atoms. The monoisotopic (exact) mass is 541 g/mol. The third kappa shape index (κ3) is 4.79. The average molecular weight is 542 g/mol. The minimum atomic E-state index is -0.563. The van der Waals surface area contributed by atoms with E-state index >= 15 is 0 Å². The van der Waals surface area contributed by atoms with Crippen LogP contribution in [0, 0.1) is 21.4 Å². The van der Waals surface area contributed by atoms with E-state index in [-0.39, 0.29) is 29.4 Å². The first-order valence-electron chi connectivity index (χ1n) is 12.5. The van der Waals surface area contributed by atoms with Gasteiger partial charge in [0.05, 0.1) is 33.7 Å². The predicted octanol–water partition coefficient (Wildman–Crippen LogP) is 6.05. The highest BCUT2D eigenvalue weighted by atomic mass is 16.6. The van der Waals surface area contributed by atoms with Gasteiger partial charge < -0.3 is 9.15 Å². The van der Waals surface area contributed by atoms with Crippen molar-refractivity contribution in [1.82, 2.24) is 9.66 Å². The van der Waals surface area contributed by atoms with Crippen LogP contribution in [0.2, 0.25) is 0 Å². The lowest BCUT2D eigenvalue weighted by Crippen LogP contribution is -2.20. The zero-order valence-corrected chi connectivity index (χ0v) is 21.3. The second-order valence-electron chi connectivity index (χ2n) is 8.97. The molecule has 0 unspecified atom stereocenters. The molecule has 0 amide bonds. The molecule has 0 atom stereocenters. The SMILES string of the molecule is N#Cc1ccccc1COc1c(C=Nn2c(-c3cc4ccccc4o3)nc3ccccc3c2=O)cccc1[N+](=O)[O-]. The molecular weight excluding hydrogens is 522 g/mol. The molecule has 0 spiro atoms. The van der Waals surface area contributed by atoms with Gasteiger partial charge in [0.25, 0.3) is 5.56 Å². The molecule has 0 saturated carbocycles. The van der Waals surface area contributed by atoms with E-state index in [1.54, 1.807) is 60.7 Å². The van der Waals surface area contributed by atoms with E-state index < -0.39 is 10.5 Å². The largest absolute Gasteiger partial charge is 0.481 e. The molecule has 6 rings (SSSR count). The Hall–Kier alpha value is -6.08. The summed E-state index contributed by atoms with van der Waals surface area (Å²) in [6, 6.07) is 29.4. The Morgan fingerprint density at radius 1 is 1.02 bits per heavy atom. The fourth-order valence-corrected chi connectivity index (χ4v) is 4.45. The van der Waals surface area contributed by atoms with Crippen molar-refractivity contribution in [3.8, 4) is 23.4 Å². The number of hydrogen-bond donors (Lipinski definition) is 0. The molecule has 0 fully saturated rings. The molecule has 0 aliphatic heterocycles. The van der Waals surface area contributed by atoms with Gasteiger partial charge in [-0.2, -0.15) is 15.0 Å². The summed E-state index contributed by atoms with van der Waals surface area (Å²) in [4.78, 5) is 29.6. The van der Waals surface area contributed by atoms with Crippen molar-refractivity contribution in [1.29, 1.82) is 5.26 Å². The lowest BCUT2D eigenvalue weighted by molar-refractivity contribution is -0.385. The number of nitrogens with zero attached hydrogens (tertiary/aromatic N) is 5. The number of benzene rings is 4. The van der Waals surface area contributed by atoms with Crippen molar-refractivity contribution in [3.63, 3.8) is 0 Å². The van der Waals surface area contributed by atoms with Gasteiger partial charge in [-0.1, -0.05) is 54.6 Å². The van der Waals surface area contributed by atoms with Crippen LogP contribution in [0.1, 0.15) is 16.7 Å². The van der Waals surface area contributed by atoms with E-state index in [9.17, 15) is 20.2 Å². The summed E-state index contributed by atoms with van der Waals surface area (Å²) in [5, 5.41) is 26.9. The first kappa shape index (κ1) is 25.2. The quantitative estimate of drug-likeness (QED) is 0.136. The third-order valence-corrected chi connectivity index (χ3v) is 6.44. The average Bonchev–Trinajstić information content (AvgIpc) is 3.44. The topological polar surface area (TPSA) is 137 Å². The van der Waals surface area contributed by atoms with Gasteiger partial charge in [-0.25, -0.2) is 4.98 Å². The maximum atomic E-state index is 13.6. The Balaban J connectivity index is 1.47. The number of furan rings is 1. The van der Waals surface area contributed by atoms with Gasteiger partial charge >= 0.3 is 5.69 Å².